The average molecular weight is 261 g/mol. The van der Waals surface area contributed by atoms with Gasteiger partial charge in [0.25, 0.3) is 0 Å². The Labute approximate surface area is 115 Å². The van der Waals surface area contributed by atoms with Crippen molar-refractivity contribution in [1.82, 2.24) is 15.3 Å². The molecule has 3 rings (SSSR count). The summed E-state index contributed by atoms with van der Waals surface area (Å²) in [6.07, 6.45) is 8.58. The van der Waals surface area contributed by atoms with Crippen LogP contribution in [0.3, 0.4) is 0 Å². The minimum absolute atomic E-state index is 0.0937. The van der Waals surface area contributed by atoms with Gasteiger partial charge in [-0.3, -0.25) is 0 Å². The Morgan fingerprint density at radius 3 is 2.95 bits per heavy atom. The molecule has 4 heteroatoms. The van der Waals surface area contributed by atoms with Crippen molar-refractivity contribution in [2.75, 3.05) is 6.61 Å². The first-order chi connectivity index (χ1) is 9.38. The molecule has 0 spiro atoms. The second-order valence-corrected chi connectivity index (χ2v) is 5.58. The molecule has 0 amide bonds. The number of hydrogen-bond donors (Lipinski definition) is 1. The fourth-order valence-electron chi connectivity index (χ4n) is 3.25. The summed E-state index contributed by atoms with van der Waals surface area (Å²) in [6, 6.07) is 0. The van der Waals surface area contributed by atoms with E-state index in [4.69, 9.17) is 9.72 Å². The average Bonchev–Trinajstić information content (AvgIpc) is 2.93. The van der Waals surface area contributed by atoms with E-state index < -0.39 is 0 Å². The Morgan fingerprint density at radius 1 is 1.32 bits per heavy atom. The predicted octanol–water partition coefficient (Wildman–Crippen LogP) is 2.74. The van der Waals surface area contributed by atoms with E-state index in [0.29, 0.717) is 5.92 Å². The van der Waals surface area contributed by atoms with E-state index in [1.54, 1.807) is 0 Å². The van der Waals surface area contributed by atoms with E-state index in [-0.39, 0.29) is 6.10 Å². The monoisotopic (exact) mass is 261 g/mol. The smallest absolute Gasteiger partial charge is 0.157 e. The summed E-state index contributed by atoms with van der Waals surface area (Å²) in [7, 11) is 0. The molecule has 1 saturated carbocycles. The van der Waals surface area contributed by atoms with Crippen molar-refractivity contribution in [3.63, 3.8) is 0 Å². The van der Waals surface area contributed by atoms with Crippen LogP contribution in [0.15, 0.2) is 6.20 Å². The van der Waals surface area contributed by atoms with Crippen LogP contribution in [-0.2, 0) is 17.8 Å². The molecule has 1 aliphatic carbocycles. The van der Waals surface area contributed by atoms with E-state index >= 15 is 0 Å². The number of hydrogen-bond acceptors (Lipinski definition) is 4. The Balaban J connectivity index is 1.82. The van der Waals surface area contributed by atoms with E-state index in [9.17, 15) is 0 Å². The molecule has 19 heavy (non-hydrogen) atoms. The SMILES string of the molecule is CCOC(c1ncc2c(n1)CNC2)C1CCCCC1. The lowest BCUT2D eigenvalue weighted by Crippen LogP contribution is -2.21. The maximum absolute atomic E-state index is 5.98. The molecule has 4 nitrogen and oxygen atoms in total. The van der Waals surface area contributed by atoms with Gasteiger partial charge in [-0.2, -0.15) is 0 Å². The zero-order chi connectivity index (χ0) is 13.1. The molecule has 104 valence electrons. The third-order valence-electron chi connectivity index (χ3n) is 4.26. The number of nitrogens with zero attached hydrogens (tertiary/aromatic N) is 2. The molecule has 0 radical (unpaired) electrons. The van der Waals surface area contributed by atoms with Crippen LogP contribution in [0.2, 0.25) is 0 Å². The van der Waals surface area contributed by atoms with E-state index in [1.165, 1.54) is 37.7 Å². The molecule has 1 fully saturated rings. The molecule has 1 aromatic heterocycles. The van der Waals surface area contributed by atoms with Crippen LogP contribution >= 0.6 is 0 Å². The van der Waals surface area contributed by atoms with Crippen molar-refractivity contribution >= 4 is 0 Å². The number of rotatable bonds is 4. The maximum Gasteiger partial charge on any atom is 0.157 e. The Kier molecular flexibility index (Phi) is 4.09. The van der Waals surface area contributed by atoms with Crippen LogP contribution in [-0.4, -0.2) is 16.6 Å². The lowest BCUT2D eigenvalue weighted by molar-refractivity contribution is -0.000323. The standard InChI is InChI=1S/C15H23N3O/c1-2-19-14(11-6-4-3-5-7-11)15-17-9-12-8-16-10-13(12)18-15/h9,11,14,16H,2-8,10H2,1H3. The molecule has 2 aliphatic rings. The molecule has 1 aromatic rings. The van der Waals surface area contributed by atoms with Gasteiger partial charge in [-0.25, -0.2) is 9.97 Å². The molecule has 2 heterocycles. The van der Waals surface area contributed by atoms with Crippen molar-refractivity contribution in [3.05, 3.63) is 23.3 Å². The zero-order valence-corrected chi connectivity index (χ0v) is 11.7. The molecule has 1 atom stereocenters. The first-order valence-electron chi connectivity index (χ1n) is 7.55. The fourth-order valence-corrected chi connectivity index (χ4v) is 3.25. The second-order valence-electron chi connectivity index (χ2n) is 5.58. The minimum Gasteiger partial charge on any atom is -0.370 e. The van der Waals surface area contributed by atoms with Crippen LogP contribution in [0, 0.1) is 5.92 Å². The number of aromatic nitrogens is 2. The quantitative estimate of drug-likeness (QED) is 0.905. The Morgan fingerprint density at radius 2 is 2.16 bits per heavy atom. The van der Waals surface area contributed by atoms with Gasteiger partial charge in [-0.15, -0.1) is 0 Å². The number of nitrogens with one attached hydrogen (secondary N) is 1. The van der Waals surface area contributed by atoms with E-state index in [1.807, 2.05) is 6.20 Å². The summed E-state index contributed by atoms with van der Waals surface area (Å²) in [6.45, 7) is 4.57. The van der Waals surface area contributed by atoms with Gasteiger partial charge in [0.05, 0.1) is 5.69 Å². The summed E-state index contributed by atoms with van der Waals surface area (Å²) in [5.74, 6) is 1.50. The van der Waals surface area contributed by atoms with Crippen molar-refractivity contribution < 1.29 is 4.74 Å². The molecular weight excluding hydrogens is 238 g/mol. The lowest BCUT2D eigenvalue weighted by atomic mass is 9.85. The van der Waals surface area contributed by atoms with Crippen LogP contribution in [0.4, 0.5) is 0 Å². The van der Waals surface area contributed by atoms with Gasteiger partial charge in [0.2, 0.25) is 0 Å². The molecular formula is C15H23N3O. The highest BCUT2D eigenvalue weighted by molar-refractivity contribution is 5.22. The van der Waals surface area contributed by atoms with Crippen LogP contribution in [0.5, 0.6) is 0 Å². The third-order valence-corrected chi connectivity index (χ3v) is 4.26. The fraction of sp³-hybridized carbons (Fsp3) is 0.733. The van der Waals surface area contributed by atoms with Crippen LogP contribution in [0.25, 0.3) is 0 Å². The van der Waals surface area contributed by atoms with Gasteiger partial charge in [0, 0.05) is 31.5 Å². The van der Waals surface area contributed by atoms with Crippen molar-refractivity contribution in [1.29, 1.82) is 0 Å². The van der Waals surface area contributed by atoms with Crippen LogP contribution in [0.1, 0.15) is 62.2 Å². The molecule has 1 N–H and O–H groups in total. The highest BCUT2D eigenvalue weighted by atomic mass is 16.5. The number of fused-ring (bicyclic) bond motifs is 1. The molecule has 1 aliphatic heterocycles. The van der Waals surface area contributed by atoms with Gasteiger partial charge in [0.1, 0.15) is 6.10 Å². The van der Waals surface area contributed by atoms with Crippen molar-refractivity contribution in [2.24, 2.45) is 5.92 Å². The van der Waals surface area contributed by atoms with Gasteiger partial charge in [0.15, 0.2) is 5.82 Å². The first kappa shape index (κ1) is 13.0. The van der Waals surface area contributed by atoms with E-state index in [0.717, 1.165) is 31.2 Å². The summed E-state index contributed by atoms with van der Waals surface area (Å²) < 4.78 is 5.98. The molecule has 0 aromatic carbocycles. The van der Waals surface area contributed by atoms with Gasteiger partial charge >= 0.3 is 0 Å². The molecule has 0 saturated heterocycles. The highest BCUT2D eigenvalue weighted by Gasteiger charge is 2.28. The molecule has 0 bridgehead atoms. The zero-order valence-electron chi connectivity index (χ0n) is 11.7. The first-order valence-corrected chi connectivity index (χ1v) is 7.55. The van der Waals surface area contributed by atoms with Crippen molar-refractivity contribution in [2.45, 2.75) is 58.2 Å². The summed E-state index contributed by atoms with van der Waals surface area (Å²) in [4.78, 5) is 9.32. The summed E-state index contributed by atoms with van der Waals surface area (Å²) in [5, 5.41) is 3.32. The minimum atomic E-state index is 0.0937. The normalized spacial score (nSPS) is 21.3. The van der Waals surface area contributed by atoms with Crippen molar-refractivity contribution in [3.8, 4) is 0 Å². The lowest BCUT2D eigenvalue weighted by Gasteiger charge is -2.29. The summed E-state index contributed by atoms with van der Waals surface area (Å²) in [5.41, 5.74) is 2.40. The predicted molar refractivity (Wildman–Crippen MR) is 73.5 cm³/mol. The topological polar surface area (TPSA) is 47.0 Å². The van der Waals surface area contributed by atoms with Gasteiger partial charge in [-0.1, -0.05) is 19.3 Å². The van der Waals surface area contributed by atoms with Gasteiger partial charge in [-0.05, 0) is 25.7 Å². The Bertz CT molecular complexity index is 429. The maximum atomic E-state index is 5.98. The van der Waals surface area contributed by atoms with Gasteiger partial charge < -0.3 is 10.1 Å². The third kappa shape index (κ3) is 2.79. The second kappa shape index (κ2) is 5.97. The Hall–Kier alpha value is -1.00. The largest absolute Gasteiger partial charge is 0.370 e. The molecule has 1 unspecified atom stereocenters. The number of ether oxygens (including phenoxy) is 1. The summed E-state index contributed by atoms with van der Waals surface area (Å²) >= 11 is 0. The highest BCUT2D eigenvalue weighted by Crippen LogP contribution is 2.35. The van der Waals surface area contributed by atoms with E-state index in [2.05, 4.69) is 17.2 Å². The van der Waals surface area contributed by atoms with Crippen LogP contribution < -0.4 is 5.32 Å².